The molecule has 1 heterocycles. The molecule has 0 atom stereocenters. The molecule has 0 N–H and O–H groups in total. The quantitative estimate of drug-likeness (QED) is 0.635. The van der Waals surface area contributed by atoms with E-state index in [1.54, 1.807) is 0 Å². The number of esters is 1. The fourth-order valence-electron chi connectivity index (χ4n) is 1.81. The van der Waals surface area contributed by atoms with Crippen LogP contribution >= 0.6 is 0 Å². The summed E-state index contributed by atoms with van der Waals surface area (Å²) in [5.74, 6) is -1.23. The Balaban J connectivity index is 3.80. The van der Waals surface area contributed by atoms with Crippen LogP contribution < -0.4 is 0 Å². The van der Waals surface area contributed by atoms with Gasteiger partial charge < -0.3 is 4.74 Å². The Hall–Kier alpha value is -2.24. The standard InChI is InChI=1S/C12H9F5N2O2/c1-5-6(3-4-18)9(12(15,16)17)19-8(10(13)14)7(5)11(20)21-2/h10H,3H2,1-2H3. The number of nitrogens with zero attached hydrogens (tertiary/aromatic N) is 2. The van der Waals surface area contributed by atoms with Crippen molar-refractivity contribution in [2.45, 2.75) is 25.9 Å². The molecule has 0 saturated carbocycles. The highest BCUT2D eigenvalue weighted by Crippen LogP contribution is 2.36. The molecule has 1 rings (SSSR count). The Labute approximate surface area is 116 Å². The Morgan fingerprint density at radius 2 is 2.00 bits per heavy atom. The minimum Gasteiger partial charge on any atom is -0.465 e. The van der Waals surface area contributed by atoms with Crippen LogP contribution in [-0.2, 0) is 17.3 Å². The summed E-state index contributed by atoms with van der Waals surface area (Å²) in [6.45, 7) is 1.04. The second kappa shape index (κ2) is 6.03. The number of carbonyl (C=O) groups excluding carboxylic acids is 1. The van der Waals surface area contributed by atoms with Crippen molar-refractivity contribution in [3.05, 3.63) is 28.1 Å². The maximum atomic E-state index is 12.9. The van der Waals surface area contributed by atoms with E-state index in [0.717, 1.165) is 14.0 Å². The van der Waals surface area contributed by atoms with Gasteiger partial charge in [0.15, 0.2) is 0 Å². The largest absolute Gasteiger partial charge is 0.465 e. The van der Waals surface area contributed by atoms with E-state index < -0.39 is 47.5 Å². The molecule has 0 aliphatic carbocycles. The first-order valence-corrected chi connectivity index (χ1v) is 5.49. The molecule has 0 aliphatic heterocycles. The zero-order valence-corrected chi connectivity index (χ0v) is 10.9. The number of ether oxygens (including phenoxy) is 1. The first-order chi connectivity index (χ1) is 9.65. The fraction of sp³-hybridized carbons (Fsp3) is 0.417. The summed E-state index contributed by atoms with van der Waals surface area (Å²) in [5.41, 5.74) is -4.65. The average molecular weight is 308 g/mol. The second-order valence-corrected chi connectivity index (χ2v) is 3.95. The summed E-state index contributed by atoms with van der Waals surface area (Å²) < 4.78 is 68.7. The van der Waals surface area contributed by atoms with Crippen molar-refractivity contribution < 1.29 is 31.5 Å². The Bertz CT molecular complexity index is 605. The van der Waals surface area contributed by atoms with E-state index in [1.165, 1.54) is 6.07 Å². The van der Waals surface area contributed by atoms with Gasteiger partial charge in [-0.15, -0.1) is 0 Å². The molecule has 0 saturated heterocycles. The number of pyridine rings is 1. The van der Waals surface area contributed by atoms with E-state index >= 15 is 0 Å². The third-order valence-electron chi connectivity index (χ3n) is 2.72. The smallest absolute Gasteiger partial charge is 0.433 e. The van der Waals surface area contributed by atoms with Crippen molar-refractivity contribution in [1.82, 2.24) is 4.98 Å². The lowest BCUT2D eigenvalue weighted by molar-refractivity contribution is -0.142. The molecular formula is C12H9F5N2O2. The summed E-state index contributed by atoms with van der Waals surface area (Å²) in [5, 5.41) is 8.59. The molecule has 1 aromatic rings. The number of carbonyl (C=O) groups is 1. The topological polar surface area (TPSA) is 63.0 Å². The monoisotopic (exact) mass is 308 g/mol. The van der Waals surface area contributed by atoms with Gasteiger partial charge >= 0.3 is 12.1 Å². The number of aromatic nitrogens is 1. The lowest BCUT2D eigenvalue weighted by Crippen LogP contribution is -2.20. The Morgan fingerprint density at radius 3 is 2.38 bits per heavy atom. The van der Waals surface area contributed by atoms with Gasteiger partial charge in [0, 0.05) is 5.56 Å². The number of halogens is 5. The van der Waals surface area contributed by atoms with Crippen molar-refractivity contribution in [1.29, 1.82) is 5.26 Å². The summed E-state index contributed by atoms with van der Waals surface area (Å²) in [6, 6.07) is 1.49. The molecule has 1 aromatic heterocycles. The predicted octanol–water partition coefficient (Wildman–Crippen LogP) is 3.20. The van der Waals surface area contributed by atoms with Crippen LogP contribution in [0.5, 0.6) is 0 Å². The number of alkyl halides is 5. The molecule has 9 heteroatoms. The number of hydrogen-bond donors (Lipinski definition) is 0. The molecule has 0 fully saturated rings. The highest BCUT2D eigenvalue weighted by atomic mass is 19.4. The van der Waals surface area contributed by atoms with E-state index in [9.17, 15) is 26.7 Å². The molecule has 0 bridgehead atoms. The van der Waals surface area contributed by atoms with Gasteiger partial charge in [0.1, 0.15) is 11.4 Å². The van der Waals surface area contributed by atoms with Gasteiger partial charge in [-0.1, -0.05) is 0 Å². The van der Waals surface area contributed by atoms with Gasteiger partial charge in [0.05, 0.1) is 25.2 Å². The van der Waals surface area contributed by atoms with Gasteiger partial charge in [-0.05, 0) is 12.5 Å². The van der Waals surface area contributed by atoms with Crippen LogP contribution in [-0.4, -0.2) is 18.1 Å². The minimum absolute atomic E-state index is 0.388. The third kappa shape index (κ3) is 3.26. The highest BCUT2D eigenvalue weighted by molar-refractivity contribution is 5.92. The van der Waals surface area contributed by atoms with Gasteiger partial charge in [-0.25, -0.2) is 18.6 Å². The molecule has 0 radical (unpaired) electrons. The molecule has 114 valence electrons. The first-order valence-electron chi connectivity index (χ1n) is 5.49. The normalized spacial score (nSPS) is 11.4. The van der Waals surface area contributed by atoms with E-state index in [4.69, 9.17) is 5.26 Å². The van der Waals surface area contributed by atoms with Crippen LogP contribution in [0, 0.1) is 18.3 Å². The summed E-state index contributed by atoms with van der Waals surface area (Å²) >= 11 is 0. The van der Waals surface area contributed by atoms with E-state index in [1.807, 2.05) is 0 Å². The van der Waals surface area contributed by atoms with Gasteiger partial charge in [0.2, 0.25) is 0 Å². The Kier molecular flexibility index (Phi) is 4.83. The van der Waals surface area contributed by atoms with Crippen molar-refractivity contribution >= 4 is 5.97 Å². The van der Waals surface area contributed by atoms with Crippen molar-refractivity contribution in [3.8, 4) is 6.07 Å². The molecule has 0 unspecified atom stereocenters. The minimum atomic E-state index is -5.02. The highest BCUT2D eigenvalue weighted by Gasteiger charge is 2.39. The lowest BCUT2D eigenvalue weighted by atomic mass is 9.97. The SMILES string of the molecule is COC(=O)c1c(C(F)F)nc(C(F)(F)F)c(CC#N)c1C. The molecule has 0 aliphatic rings. The van der Waals surface area contributed by atoms with Crippen LogP contribution in [0.25, 0.3) is 0 Å². The van der Waals surface area contributed by atoms with E-state index in [0.29, 0.717) is 0 Å². The summed E-state index contributed by atoms with van der Waals surface area (Å²) in [7, 11) is 0.901. The van der Waals surface area contributed by atoms with Crippen molar-refractivity contribution in [3.63, 3.8) is 0 Å². The van der Waals surface area contributed by atoms with Gasteiger partial charge in [0.25, 0.3) is 6.43 Å². The van der Waals surface area contributed by atoms with Gasteiger partial charge in [-0.2, -0.15) is 18.4 Å². The zero-order valence-electron chi connectivity index (χ0n) is 10.9. The molecule has 21 heavy (non-hydrogen) atoms. The molecule has 0 amide bonds. The maximum absolute atomic E-state index is 12.9. The molecular weight excluding hydrogens is 299 g/mol. The van der Waals surface area contributed by atoms with Gasteiger partial charge in [-0.3, -0.25) is 0 Å². The zero-order chi connectivity index (χ0) is 16.4. The number of hydrogen-bond acceptors (Lipinski definition) is 4. The second-order valence-electron chi connectivity index (χ2n) is 3.95. The maximum Gasteiger partial charge on any atom is 0.433 e. The van der Waals surface area contributed by atoms with Crippen molar-refractivity contribution in [2.24, 2.45) is 0 Å². The molecule has 0 aromatic carbocycles. The molecule has 4 nitrogen and oxygen atoms in total. The molecule has 0 spiro atoms. The van der Waals surface area contributed by atoms with Crippen LogP contribution in [0.15, 0.2) is 0 Å². The predicted molar refractivity (Wildman–Crippen MR) is 59.6 cm³/mol. The van der Waals surface area contributed by atoms with Crippen LogP contribution in [0.1, 0.15) is 39.3 Å². The summed E-state index contributed by atoms with van der Waals surface area (Å²) in [6.07, 6.45) is -9.13. The number of methoxy groups -OCH3 is 1. The van der Waals surface area contributed by atoms with Crippen LogP contribution in [0.4, 0.5) is 22.0 Å². The number of rotatable bonds is 3. The Morgan fingerprint density at radius 1 is 1.43 bits per heavy atom. The first kappa shape index (κ1) is 16.8. The number of nitriles is 1. The fourth-order valence-corrected chi connectivity index (χ4v) is 1.81. The van der Waals surface area contributed by atoms with E-state index in [2.05, 4.69) is 9.72 Å². The van der Waals surface area contributed by atoms with E-state index in [-0.39, 0.29) is 5.56 Å². The van der Waals surface area contributed by atoms with Crippen LogP contribution in [0.2, 0.25) is 0 Å². The third-order valence-corrected chi connectivity index (χ3v) is 2.72. The van der Waals surface area contributed by atoms with Crippen LogP contribution in [0.3, 0.4) is 0 Å². The summed E-state index contributed by atoms with van der Waals surface area (Å²) in [4.78, 5) is 14.4. The average Bonchev–Trinajstić information content (AvgIpc) is 2.38. The lowest BCUT2D eigenvalue weighted by Gasteiger charge is -2.18. The van der Waals surface area contributed by atoms with Crippen molar-refractivity contribution in [2.75, 3.05) is 7.11 Å².